The number of hydrogen-bond donors (Lipinski definition) is 2. The quantitative estimate of drug-likeness (QED) is 0.434. The lowest BCUT2D eigenvalue weighted by molar-refractivity contribution is -0.385. The lowest BCUT2D eigenvalue weighted by atomic mass is 10.0. The third-order valence-corrected chi connectivity index (χ3v) is 3.61. The van der Waals surface area contributed by atoms with Gasteiger partial charge in [-0.05, 0) is 26.0 Å². The molecule has 142 valence electrons. The second kappa shape index (κ2) is 8.75. The number of benzene rings is 1. The topological polar surface area (TPSA) is 131 Å². The summed E-state index contributed by atoms with van der Waals surface area (Å²) in [6, 6.07) is 7.52. The second-order valence-corrected chi connectivity index (χ2v) is 6.00. The molecule has 1 aromatic carbocycles. The fourth-order valence-electron chi connectivity index (χ4n) is 2.50. The van der Waals surface area contributed by atoms with Crippen LogP contribution < -0.4 is 10.9 Å². The molecule has 0 saturated heterocycles. The average molecular weight is 373 g/mol. The van der Waals surface area contributed by atoms with Crippen molar-refractivity contribution < 1.29 is 19.2 Å². The molecule has 2 rings (SSSR count). The van der Waals surface area contributed by atoms with Crippen LogP contribution in [0, 0.1) is 10.1 Å². The molecule has 0 fully saturated rings. The number of H-pyrrole nitrogens is 1. The molecule has 9 heteroatoms. The third kappa shape index (κ3) is 5.24. The van der Waals surface area contributed by atoms with Gasteiger partial charge in [-0.2, -0.15) is 0 Å². The van der Waals surface area contributed by atoms with Crippen molar-refractivity contribution in [2.24, 2.45) is 0 Å². The Bertz CT molecular complexity index is 906. The van der Waals surface area contributed by atoms with Crippen molar-refractivity contribution in [2.75, 3.05) is 0 Å². The first kappa shape index (κ1) is 19.8. The van der Waals surface area contributed by atoms with E-state index < -0.39 is 28.4 Å². The normalized spacial score (nSPS) is 11.7. The van der Waals surface area contributed by atoms with Gasteiger partial charge in [0.25, 0.3) is 17.2 Å². The number of amides is 1. The van der Waals surface area contributed by atoms with Gasteiger partial charge in [0.1, 0.15) is 5.56 Å². The van der Waals surface area contributed by atoms with E-state index in [1.54, 1.807) is 19.9 Å². The van der Waals surface area contributed by atoms with Gasteiger partial charge in [-0.25, -0.2) is 0 Å². The van der Waals surface area contributed by atoms with Crippen LogP contribution in [-0.4, -0.2) is 27.9 Å². The number of esters is 1. The number of para-hydroxylation sites is 1. The molecule has 1 aromatic heterocycles. The highest BCUT2D eigenvalue weighted by Crippen LogP contribution is 2.27. The molecule has 27 heavy (non-hydrogen) atoms. The molecule has 0 radical (unpaired) electrons. The number of nitro groups is 1. The summed E-state index contributed by atoms with van der Waals surface area (Å²) >= 11 is 0. The monoisotopic (exact) mass is 373 g/mol. The Kier molecular flexibility index (Phi) is 6.42. The van der Waals surface area contributed by atoms with Crippen LogP contribution in [0.5, 0.6) is 0 Å². The predicted octanol–water partition coefficient (Wildman–Crippen LogP) is 2.10. The summed E-state index contributed by atoms with van der Waals surface area (Å²) in [6.45, 7) is 3.33. The van der Waals surface area contributed by atoms with Crippen molar-refractivity contribution in [2.45, 2.75) is 32.4 Å². The molecule has 1 amide bonds. The van der Waals surface area contributed by atoms with Crippen LogP contribution in [0.2, 0.25) is 0 Å². The Morgan fingerprint density at radius 3 is 2.56 bits per heavy atom. The number of rotatable bonds is 7. The van der Waals surface area contributed by atoms with Crippen molar-refractivity contribution in [3.8, 4) is 0 Å². The fraction of sp³-hybridized carbons (Fsp3) is 0.278. The van der Waals surface area contributed by atoms with Crippen LogP contribution in [0.1, 0.15) is 42.2 Å². The zero-order valence-electron chi connectivity index (χ0n) is 14.8. The maximum absolute atomic E-state index is 12.5. The highest BCUT2D eigenvalue weighted by molar-refractivity contribution is 5.94. The van der Waals surface area contributed by atoms with Crippen molar-refractivity contribution in [1.29, 1.82) is 0 Å². The van der Waals surface area contributed by atoms with Gasteiger partial charge in [0, 0.05) is 12.3 Å². The minimum Gasteiger partial charge on any atom is -0.463 e. The van der Waals surface area contributed by atoms with Gasteiger partial charge in [0.15, 0.2) is 0 Å². The van der Waals surface area contributed by atoms with E-state index in [2.05, 4.69) is 10.3 Å². The summed E-state index contributed by atoms with van der Waals surface area (Å²) in [4.78, 5) is 49.5. The molecule has 1 atom stereocenters. The van der Waals surface area contributed by atoms with E-state index in [-0.39, 0.29) is 29.3 Å². The lowest BCUT2D eigenvalue weighted by Gasteiger charge is -2.19. The van der Waals surface area contributed by atoms with Gasteiger partial charge in [-0.3, -0.25) is 24.5 Å². The second-order valence-electron chi connectivity index (χ2n) is 6.00. The van der Waals surface area contributed by atoms with Crippen LogP contribution in [0.15, 0.2) is 47.4 Å². The van der Waals surface area contributed by atoms with Gasteiger partial charge >= 0.3 is 5.97 Å². The number of nitro benzene ring substituents is 1. The van der Waals surface area contributed by atoms with Crippen molar-refractivity contribution in [3.63, 3.8) is 0 Å². The lowest BCUT2D eigenvalue weighted by Crippen LogP contribution is -2.34. The number of aromatic amines is 1. The Morgan fingerprint density at radius 1 is 1.22 bits per heavy atom. The van der Waals surface area contributed by atoms with E-state index in [0.717, 1.165) is 0 Å². The Balaban J connectivity index is 2.37. The molecule has 2 aromatic rings. The average Bonchev–Trinajstić information content (AvgIpc) is 2.60. The summed E-state index contributed by atoms with van der Waals surface area (Å²) in [7, 11) is 0. The van der Waals surface area contributed by atoms with E-state index >= 15 is 0 Å². The Morgan fingerprint density at radius 2 is 1.93 bits per heavy atom. The van der Waals surface area contributed by atoms with Gasteiger partial charge in [0.05, 0.1) is 29.1 Å². The number of pyridine rings is 1. The SMILES string of the molecule is CC(C)OC(=O)CC(NC(=O)c1ccc[nH]c1=O)c1ccccc1[N+](=O)[O-]. The zero-order chi connectivity index (χ0) is 20.0. The van der Waals surface area contributed by atoms with Crippen molar-refractivity contribution in [1.82, 2.24) is 10.3 Å². The smallest absolute Gasteiger partial charge is 0.308 e. The highest BCUT2D eigenvalue weighted by Gasteiger charge is 2.27. The number of nitrogens with zero attached hydrogens (tertiary/aromatic N) is 1. The molecule has 0 bridgehead atoms. The summed E-state index contributed by atoms with van der Waals surface area (Å²) in [5.74, 6) is -1.38. The molecule has 0 aliphatic heterocycles. The Hall–Kier alpha value is -3.49. The maximum Gasteiger partial charge on any atom is 0.308 e. The summed E-state index contributed by atoms with van der Waals surface area (Å²) in [5.41, 5.74) is -0.884. The molecular weight excluding hydrogens is 354 g/mol. The number of nitrogens with one attached hydrogen (secondary N) is 2. The van der Waals surface area contributed by atoms with Gasteiger partial charge in [-0.1, -0.05) is 18.2 Å². The molecule has 9 nitrogen and oxygen atoms in total. The minimum atomic E-state index is -1.04. The summed E-state index contributed by atoms with van der Waals surface area (Å²) in [6.07, 6.45) is 0.676. The number of carbonyl (C=O) groups excluding carboxylic acids is 2. The first-order valence-electron chi connectivity index (χ1n) is 8.21. The van der Waals surface area contributed by atoms with Gasteiger partial charge in [0.2, 0.25) is 0 Å². The standard InChI is InChI=1S/C18H19N3O6/c1-11(2)27-16(22)10-14(12-6-3-4-8-15(12)21(25)26)20-18(24)13-7-5-9-19-17(13)23/h3-9,11,14H,10H2,1-2H3,(H,19,23)(H,20,24). The molecule has 0 aliphatic carbocycles. The Labute approximate surface area is 154 Å². The summed E-state index contributed by atoms with van der Waals surface area (Å²) in [5, 5.41) is 13.8. The first-order chi connectivity index (χ1) is 12.8. The molecule has 0 aliphatic rings. The molecule has 0 saturated carbocycles. The van der Waals surface area contributed by atoms with Crippen molar-refractivity contribution >= 4 is 17.6 Å². The van der Waals surface area contributed by atoms with Crippen LogP contribution >= 0.6 is 0 Å². The molecule has 2 N–H and O–H groups in total. The van der Waals surface area contributed by atoms with Crippen LogP contribution in [0.4, 0.5) is 5.69 Å². The minimum absolute atomic E-state index is 0.143. The summed E-state index contributed by atoms with van der Waals surface area (Å²) < 4.78 is 5.09. The van der Waals surface area contributed by atoms with Gasteiger partial charge < -0.3 is 15.0 Å². The van der Waals surface area contributed by atoms with E-state index in [1.807, 2.05) is 0 Å². The highest BCUT2D eigenvalue weighted by atomic mass is 16.6. The molecular formula is C18H19N3O6. The van der Waals surface area contributed by atoms with E-state index in [4.69, 9.17) is 4.74 Å². The van der Waals surface area contributed by atoms with Gasteiger partial charge in [-0.15, -0.1) is 0 Å². The van der Waals surface area contributed by atoms with E-state index in [9.17, 15) is 24.5 Å². The van der Waals surface area contributed by atoms with Crippen LogP contribution in [0.3, 0.4) is 0 Å². The van der Waals surface area contributed by atoms with E-state index in [0.29, 0.717) is 0 Å². The maximum atomic E-state index is 12.5. The molecule has 1 unspecified atom stereocenters. The number of carbonyl (C=O) groups is 2. The molecule has 0 spiro atoms. The van der Waals surface area contributed by atoms with Crippen LogP contribution in [0.25, 0.3) is 0 Å². The predicted molar refractivity (Wildman–Crippen MR) is 96.2 cm³/mol. The fourth-order valence-corrected chi connectivity index (χ4v) is 2.50. The largest absolute Gasteiger partial charge is 0.463 e. The van der Waals surface area contributed by atoms with Crippen LogP contribution in [-0.2, 0) is 9.53 Å². The zero-order valence-corrected chi connectivity index (χ0v) is 14.8. The number of aromatic nitrogens is 1. The van der Waals surface area contributed by atoms with E-state index in [1.165, 1.54) is 36.5 Å². The number of hydrogen-bond acceptors (Lipinski definition) is 6. The number of ether oxygens (including phenoxy) is 1. The first-order valence-corrected chi connectivity index (χ1v) is 8.21. The molecule has 1 heterocycles. The third-order valence-electron chi connectivity index (χ3n) is 3.61. The van der Waals surface area contributed by atoms with Crippen molar-refractivity contribution in [3.05, 3.63) is 74.2 Å².